The molecule has 2 rings (SSSR count). The van der Waals surface area contributed by atoms with Gasteiger partial charge in [0.15, 0.2) is 0 Å². The van der Waals surface area contributed by atoms with E-state index >= 15 is 0 Å². The molecule has 0 aromatic heterocycles. The first-order valence-corrected chi connectivity index (χ1v) is 6.31. The van der Waals surface area contributed by atoms with E-state index in [1.807, 2.05) is 27.7 Å². The summed E-state index contributed by atoms with van der Waals surface area (Å²) in [6, 6.07) is 0. The van der Waals surface area contributed by atoms with Crippen LogP contribution < -0.4 is 0 Å². The zero-order valence-corrected chi connectivity index (χ0v) is 10.8. The van der Waals surface area contributed by atoms with Gasteiger partial charge in [-0.1, -0.05) is 12.8 Å². The average Bonchev–Trinajstić information content (AvgIpc) is 2.36. The van der Waals surface area contributed by atoms with Crippen LogP contribution in [-0.4, -0.2) is 24.5 Å². The Labute approximate surface area is 98.0 Å². The lowest BCUT2D eigenvalue weighted by molar-refractivity contribution is 0.00578. The van der Waals surface area contributed by atoms with Gasteiger partial charge in [-0.25, -0.2) is 4.39 Å². The molecule has 4 heteroatoms. The number of alkyl halides is 1. The highest BCUT2D eigenvalue weighted by Gasteiger charge is 2.54. The minimum atomic E-state index is -0.669. The molecule has 0 N–H and O–H groups in total. The highest BCUT2D eigenvalue weighted by atomic mass is 19.1. The lowest BCUT2D eigenvalue weighted by Gasteiger charge is -2.32. The molecule has 2 fully saturated rings. The molecule has 0 aromatic carbocycles. The van der Waals surface area contributed by atoms with Gasteiger partial charge in [-0.15, -0.1) is 0 Å². The predicted octanol–water partition coefficient (Wildman–Crippen LogP) is 3.36. The largest absolute Gasteiger partial charge is 0.461 e. The Morgan fingerprint density at radius 2 is 1.62 bits per heavy atom. The van der Waals surface area contributed by atoms with Crippen molar-refractivity contribution in [2.24, 2.45) is 0 Å². The van der Waals surface area contributed by atoms with Crippen molar-refractivity contribution in [3.05, 3.63) is 0 Å². The summed E-state index contributed by atoms with van der Waals surface area (Å²) in [4.78, 5) is 0. The third-order valence-corrected chi connectivity index (χ3v) is 4.31. The maximum absolute atomic E-state index is 13.4. The number of rotatable bonds is 1. The van der Waals surface area contributed by atoms with Crippen LogP contribution in [0.2, 0.25) is 5.82 Å². The van der Waals surface area contributed by atoms with Gasteiger partial charge in [-0.2, -0.15) is 0 Å². The van der Waals surface area contributed by atoms with Crippen LogP contribution in [0.1, 0.15) is 53.4 Å². The summed E-state index contributed by atoms with van der Waals surface area (Å²) in [6.45, 7) is 8.18. The van der Waals surface area contributed by atoms with Gasteiger partial charge in [-0.05, 0) is 46.4 Å². The van der Waals surface area contributed by atoms with E-state index in [9.17, 15) is 4.39 Å². The molecule has 0 radical (unpaired) electrons. The molecule has 2 atom stereocenters. The fourth-order valence-electron chi connectivity index (χ4n) is 2.49. The van der Waals surface area contributed by atoms with Gasteiger partial charge in [-0.3, -0.25) is 0 Å². The van der Waals surface area contributed by atoms with E-state index in [-0.39, 0.29) is 24.1 Å². The zero-order chi connectivity index (χ0) is 12.0. The molecule has 0 aromatic rings. The van der Waals surface area contributed by atoms with Gasteiger partial charge in [0.25, 0.3) is 0 Å². The first-order valence-electron chi connectivity index (χ1n) is 6.31. The van der Waals surface area contributed by atoms with Gasteiger partial charge in [0.1, 0.15) is 0 Å². The highest BCUT2D eigenvalue weighted by molar-refractivity contribution is 6.47. The van der Waals surface area contributed by atoms with Crippen LogP contribution in [0.4, 0.5) is 4.39 Å². The van der Waals surface area contributed by atoms with E-state index in [1.54, 1.807) is 0 Å². The average molecular weight is 228 g/mol. The summed E-state index contributed by atoms with van der Waals surface area (Å²) in [5.41, 5.74) is -0.582. The Morgan fingerprint density at radius 1 is 1.06 bits per heavy atom. The number of hydrogen-bond acceptors (Lipinski definition) is 2. The molecule has 0 amide bonds. The standard InChI is InChI=1S/C12H22BFO2/c1-11(2)12(3,4)16-13(15-11)9-6-5-7-10(14)8-9/h9-10H,5-8H2,1-4H3/t9-,10+/m1/s1. The second kappa shape index (κ2) is 3.99. The van der Waals surface area contributed by atoms with E-state index in [0.717, 1.165) is 12.8 Å². The van der Waals surface area contributed by atoms with Crippen molar-refractivity contribution in [3.63, 3.8) is 0 Å². The van der Waals surface area contributed by atoms with Gasteiger partial charge in [0, 0.05) is 0 Å². The maximum Gasteiger partial charge on any atom is 0.461 e. The van der Waals surface area contributed by atoms with E-state index in [4.69, 9.17) is 9.31 Å². The molecule has 1 saturated heterocycles. The van der Waals surface area contributed by atoms with E-state index in [1.165, 1.54) is 0 Å². The highest BCUT2D eigenvalue weighted by Crippen LogP contribution is 2.44. The zero-order valence-electron chi connectivity index (χ0n) is 10.8. The van der Waals surface area contributed by atoms with Gasteiger partial charge >= 0.3 is 7.12 Å². The Hall–Kier alpha value is -0.0851. The van der Waals surface area contributed by atoms with E-state index in [2.05, 4.69) is 0 Å². The van der Waals surface area contributed by atoms with Gasteiger partial charge in [0.05, 0.1) is 17.4 Å². The summed E-state index contributed by atoms with van der Waals surface area (Å²) >= 11 is 0. The van der Waals surface area contributed by atoms with Crippen molar-refractivity contribution < 1.29 is 13.7 Å². The van der Waals surface area contributed by atoms with Crippen molar-refractivity contribution in [3.8, 4) is 0 Å². The van der Waals surface area contributed by atoms with Crippen LogP contribution in [-0.2, 0) is 9.31 Å². The summed E-state index contributed by atoms with van der Waals surface area (Å²) < 4.78 is 25.3. The molecule has 1 heterocycles. The lowest BCUT2D eigenvalue weighted by atomic mass is 9.64. The number of hydrogen-bond donors (Lipinski definition) is 0. The van der Waals surface area contributed by atoms with Crippen LogP contribution in [0.3, 0.4) is 0 Å². The van der Waals surface area contributed by atoms with Gasteiger partial charge in [0.2, 0.25) is 0 Å². The van der Waals surface area contributed by atoms with Crippen molar-refractivity contribution in [2.75, 3.05) is 0 Å². The van der Waals surface area contributed by atoms with Crippen molar-refractivity contribution in [2.45, 2.75) is 76.6 Å². The van der Waals surface area contributed by atoms with Crippen LogP contribution in [0.25, 0.3) is 0 Å². The Kier molecular flexibility index (Phi) is 3.08. The first-order chi connectivity index (χ1) is 7.32. The quantitative estimate of drug-likeness (QED) is 0.640. The molecule has 0 spiro atoms. The molecule has 16 heavy (non-hydrogen) atoms. The fraction of sp³-hybridized carbons (Fsp3) is 1.00. The molecular weight excluding hydrogens is 206 g/mol. The molecule has 0 unspecified atom stereocenters. The Morgan fingerprint density at radius 3 is 2.12 bits per heavy atom. The molecule has 1 aliphatic heterocycles. The normalized spacial score (nSPS) is 37.7. The second-order valence-electron chi connectivity index (χ2n) is 6.15. The van der Waals surface area contributed by atoms with Crippen molar-refractivity contribution >= 4 is 7.12 Å². The predicted molar refractivity (Wildman–Crippen MR) is 63.2 cm³/mol. The lowest BCUT2D eigenvalue weighted by Crippen LogP contribution is -2.41. The molecule has 92 valence electrons. The van der Waals surface area contributed by atoms with Gasteiger partial charge < -0.3 is 9.31 Å². The number of halogens is 1. The molecular formula is C12H22BFO2. The SMILES string of the molecule is CC1(C)OB([C@@H]2CCC[C@H](F)C2)OC1(C)C. The topological polar surface area (TPSA) is 18.5 Å². The smallest absolute Gasteiger partial charge is 0.403 e. The van der Waals surface area contributed by atoms with Crippen LogP contribution in [0.5, 0.6) is 0 Å². The summed E-state index contributed by atoms with van der Waals surface area (Å²) in [6.07, 6.45) is 2.61. The van der Waals surface area contributed by atoms with Crippen molar-refractivity contribution in [1.82, 2.24) is 0 Å². The molecule has 2 aliphatic rings. The Bertz CT molecular complexity index is 252. The third kappa shape index (κ3) is 2.14. The van der Waals surface area contributed by atoms with E-state index < -0.39 is 6.17 Å². The second-order valence-corrected chi connectivity index (χ2v) is 6.15. The molecule has 1 aliphatic carbocycles. The van der Waals surface area contributed by atoms with Crippen LogP contribution in [0, 0.1) is 0 Å². The minimum absolute atomic E-state index is 0.219. The summed E-state index contributed by atoms with van der Waals surface area (Å²) in [7, 11) is -0.219. The minimum Gasteiger partial charge on any atom is -0.403 e. The molecule has 2 nitrogen and oxygen atoms in total. The molecule has 0 bridgehead atoms. The monoisotopic (exact) mass is 228 g/mol. The summed E-state index contributed by atoms with van der Waals surface area (Å²) in [5.74, 6) is 0.227. The van der Waals surface area contributed by atoms with Crippen molar-refractivity contribution in [1.29, 1.82) is 0 Å². The summed E-state index contributed by atoms with van der Waals surface area (Å²) in [5, 5.41) is 0. The third-order valence-electron chi connectivity index (χ3n) is 4.31. The maximum atomic E-state index is 13.4. The van der Waals surface area contributed by atoms with Crippen LogP contribution >= 0.6 is 0 Å². The fourth-order valence-corrected chi connectivity index (χ4v) is 2.49. The first kappa shape index (κ1) is 12.4. The van der Waals surface area contributed by atoms with Crippen LogP contribution in [0.15, 0.2) is 0 Å². The molecule has 1 saturated carbocycles. The van der Waals surface area contributed by atoms with E-state index in [0.29, 0.717) is 12.8 Å². The Balaban J connectivity index is 2.02.